The van der Waals surface area contributed by atoms with Crippen molar-refractivity contribution in [1.82, 2.24) is 9.55 Å². The van der Waals surface area contributed by atoms with Crippen molar-refractivity contribution in [2.75, 3.05) is 0 Å². The van der Waals surface area contributed by atoms with Gasteiger partial charge in [0.1, 0.15) is 5.69 Å². The molecule has 0 radical (unpaired) electrons. The predicted molar refractivity (Wildman–Crippen MR) is 60.5 cm³/mol. The van der Waals surface area contributed by atoms with E-state index in [1.807, 2.05) is 10.8 Å². The number of aromatic nitrogens is 2. The first-order chi connectivity index (χ1) is 7.86. The lowest BCUT2D eigenvalue weighted by atomic mass is 10.1. The molecular weight excluding hydrogens is 200 g/mol. The van der Waals surface area contributed by atoms with E-state index in [1.54, 1.807) is 6.33 Å². The molecule has 0 saturated carbocycles. The third-order valence-corrected chi connectivity index (χ3v) is 3.19. The fourth-order valence-electron chi connectivity index (χ4n) is 2.36. The van der Waals surface area contributed by atoms with E-state index < -0.39 is 0 Å². The average molecular weight is 212 g/mol. The van der Waals surface area contributed by atoms with E-state index in [-0.39, 0.29) is 0 Å². The van der Waals surface area contributed by atoms with Gasteiger partial charge in [-0.1, -0.05) is 24.3 Å². The zero-order chi connectivity index (χ0) is 11.0. The maximum absolute atomic E-state index is 10.6. The highest BCUT2D eigenvalue weighted by atomic mass is 16.1. The van der Waals surface area contributed by atoms with Gasteiger partial charge in [-0.15, -0.1) is 0 Å². The SMILES string of the molecule is O=Cc1cn(C2Cc3ccccc3C2)cn1. The molecule has 1 aliphatic rings. The number of nitrogens with zero attached hydrogens (tertiary/aromatic N) is 2. The Morgan fingerprint density at radius 2 is 1.94 bits per heavy atom. The van der Waals surface area contributed by atoms with Gasteiger partial charge >= 0.3 is 0 Å². The molecule has 0 atom stereocenters. The van der Waals surface area contributed by atoms with Crippen molar-refractivity contribution in [2.45, 2.75) is 18.9 Å². The molecule has 2 aromatic rings. The van der Waals surface area contributed by atoms with Crippen molar-refractivity contribution >= 4 is 6.29 Å². The molecule has 0 fully saturated rings. The van der Waals surface area contributed by atoms with E-state index >= 15 is 0 Å². The second kappa shape index (κ2) is 3.59. The van der Waals surface area contributed by atoms with Crippen molar-refractivity contribution in [3.05, 3.63) is 53.6 Å². The Bertz CT molecular complexity index is 505. The Kier molecular flexibility index (Phi) is 2.10. The van der Waals surface area contributed by atoms with Crippen LogP contribution in [0.25, 0.3) is 0 Å². The summed E-state index contributed by atoms with van der Waals surface area (Å²) in [4.78, 5) is 14.6. The largest absolute Gasteiger partial charge is 0.333 e. The molecule has 0 aliphatic heterocycles. The van der Waals surface area contributed by atoms with E-state index in [0.717, 1.165) is 19.1 Å². The Morgan fingerprint density at radius 3 is 2.50 bits per heavy atom. The topological polar surface area (TPSA) is 34.9 Å². The summed E-state index contributed by atoms with van der Waals surface area (Å²) in [7, 11) is 0. The molecule has 3 rings (SSSR count). The van der Waals surface area contributed by atoms with Gasteiger partial charge in [-0.25, -0.2) is 4.98 Å². The Morgan fingerprint density at radius 1 is 1.25 bits per heavy atom. The van der Waals surface area contributed by atoms with Crippen LogP contribution in [-0.2, 0) is 12.8 Å². The van der Waals surface area contributed by atoms with Gasteiger partial charge < -0.3 is 4.57 Å². The highest BCUT2D eigenvalue weighted by Crippen LogP contribution is 2.29. The summed E-state index contributed by atoms with van der Waals surface area (Å²) in [6, 6.07) is 8.91. The molecule has 1 aromatic carbocycles. The molecule has 1 heterocycles. The van der Waals surface area contributed by atoms with Crippen LogP contribution in [0.2, 0.25) is 0 Å². The van der Waals surface area contributed by atoms with Crippen LogP contribution in [0.1, 0.15) is 27.7 Å². The van der Waals surface area contributed by atoms with Crippen LogP contribution in [0.5, 0.6) is 0 Å². The minimum absolute atomic E-state index is 0.415. The van der Waals surface area contributed by atoms with Crippen molar-refractivity contribution in [2.24, 2.45) is 0 Å². The lowest BCUT2D eigenvalue weighted by Crippen LogP contribution is -2.06. The summed E-state index contributed by atoms with van der Waals surface area (Å²) in [5.41, 5.74) is 3.33. The lowest BCUT2D eigenvalue weighted by Gasteiger charge is -2.09. The third-order valence-electron chi connectivity index (χ3n) is 3.19. The van der Waals surface area contributed by atoms with E-state index in [2.05, 4.69) is 29.2 Å². The number of benzene rings is 1. The van der Waals surface area contributed by atoms with E-state index in [4.69, 9.17) is 0 Å². The fourth-order valence-corrected chi connectivity index (χ4v) is 2.36. The molecule has 3 heteroatoms. The van der Waals surface area contributed by atoms with Crippen LogP contribution in [0.4, 0.5) is 0 Å². The molecular formula is C13H12N2O. The first-order valence-electron chi connectivity index (χ1n) is 5.42. The first kappa shape index (κ1) is 9.33. The first-order valence-corrected chi connectivity index (χ1v) is 5.42. The number of imidazole rings is 1. The summed E-state index contributed by atoms with van der Waals surface area (Å²) < 4.78 is 2.05. The highest BCUT2D eigenvalue weighted by Gasteiger charge is 2.22. The maximum atomic E-state index is 10.6. The minimum atomic E-state index is 0.415. The summed E-state index contributed by atoms with van der Waals surface area (Å²) in [5, 5.41) is 0. The highest BCUT2D eigenvalue weighted by molar-refractivity contribution is 5.71. The van der Waals surface area contributed by atoms with E-state index in [9.17, 15) is 4.79 Å². The zero-order valence-corrected chi connectivity index (χ0v) is 8.84. The maximum Gasteiger partial charge on any atom is 0.169 e. The zero-order valence-electron chi connectivity index (χ0n) is 8.84. The quantitative estimate of drug-likeness (QED) is 0.714. The fraction of sp³-hybridized carbons (Fsp3) is 0.231. The van der Waals surface area contributed by atoms with E-state index in [1.165, 1.54) is 11.1 Å². The summed E-state index contributed by atoms with van der Waals surface area (Å²) in [5.74, 6) is 0. The molecule has 0 spiro atoms. The third kappa shape index (κ3) is 1.45. The number of carbonyl (C=O) groups excluding carboxylic acids is 1. The molecule has 3 nitrogen and oxygen atoms in total. The molecule has 0 saturated heterocycles. The van der Waals surface area contributed by atoms with Crippen LogP contribution in [0.15, 0.2) is 36.8 Å². The molecule has 80 valence electrons. The lowest BCUT2D eigenvalue weighted by molar-refractivity contribution is 0.111. The second-order valence-electron chi connectivity index (χ2n) is 4.19. The van der Waals surface area contributed by atoms with Crippen LogP contribution < -0.4 is 0 Å². The van der Waals surface area contributed by atoms with Gasteiger partial charge in [0.25, 0.3) is 0 Å². The predicted octanol–water partition coefficient (Wildman–Crippen LogP) is 2.04. The number of hydrogen-bond acceptors (Lipinski definition) is 2. The summed E-state index contributed by atoms with van der Waals surface area (Å²) in [6.07, 6.45) is 6.43. The molecule has 0 amide bonds. The molecule has 0 N–H and O–H groups in total. The smallest absolute Gasteiger partial charge is 0.169 e. The van der Waals surface area contributed by atoms with Crippen LogP contribution >= 0.6 is 0 Å². The minimum Gasteiger partial charge on any atom is -0.333 e. The molecule has 16 heavy (non-hydrogen) atoms. The number of carbonyl (C=O) groups is 1. The molecule has 0 bridgehead atoms. The second-order valence-corrected chi connectivity index (χ2v) is 4.19. The van der Waals surface area contributed by atoms with Gasteiger partial charge in [0.15, 0.2) is 6.29 Å². The summed E-state index contributed by atoms with van der Waals surface area (Å²) in [6.45, 7) is 0. The number of rotatable bonds is 2. The standard InChI is InChI=1S/C13H12N2O/c16-8-12-7-15(9-14-12)13-5-10-3-1-2-4-11(10)6-13/h1-4,7-9,13H,5-6H2. The number of hydrogen-bond donors (Lipinski definition) is 0. The number of aldehydes is 1. The van der Waals surface area contributed by atoms with Crippen LogP contribution in [0, 0.1) is 0 Å². The van der Waals surface area contributed by atoms with Gasteiger partial charge in [0.2, 0.25) is 0 Å². The van der Waals surface area contributed by atoms with Gasteiger partial charge in [-0.2, -0.15) is 0 Å². The van der Waals surface area contributed by atoms with Crippen molar-refractivity contribution < 1.29 is 4.79 Å². The van der Waals surface area contributed by atoms with Gasteiger partial charge in [0.05, 0.1) is 6.33 Å². The Hall–Kier alpha value is -1.90. The monoisotopic (exact) mass is 212 g/mol. The summed E-state index contributed by atoms with van der Waals surface area (Å²) >= 11 is 0. The van der Waals surface area contributed by atoms with Crippen LogP contribution in [0.3, 0.4) is 0 Å². The Labute approximate surface area is 93.7 Å². The van der Waals surface area contributed by atoms with Crippen molar-refractivity contribution in [1.29, 1.82) is 0 Å². The van der Waals surface area contributed by atoms with Crippen LogP contribution in [-0.4, -0.2) is 15.8 Å². The molecule has 0 unspecified atom stereocenters. The Balaban J connectivity index is 1.88. The molecule has 1 aliphatic carbocycles. The van der Waals surface area contributed by atoms with Gasteiger partial charge in [-0.05, 0) is 24.0 Å². The van der Waals surface area contributed by atoms with Crippen molar-refractivity contribution in [3.8, 4) is 0 Å². The number of fused-ring (bicyclic) bond motifs is 1. The molecule has 1 aromatic heterocycles. The average Bonchev–Trinajstić information content (AvgIpc) is 2.95. The van der Waals surface area contributed by atoms with Crippen molar-refractivity contribution in [3.63, 3.8) is 0 Å². The normalized spacial score (nSPS) is 15.0. The van der Waals surface area contributed by atoms with Gasteiger partial charge in [0, 0.05) is 12.2 Å². The van der Waals surface area contributed by atoms with Gasteiger partial charge in [-0.3, -0.25) is 4.79 Å². The van der Waals surface area contributed by atoms with E-state index in [0.29, 0.717) is 11.7 Å².